The van der Waals surface area contributed by atoms with E-state index in [0.717, 1.165) is 38.5 Å². The van der Waals surface area contributed by atoms with Gasteiger partial charge in [-0.3, -0.25) is 0 Å². The van der Waals surface area contributed by atoms with Gasteiger partial charge in [0.2, 0.25) is 0 Å². The van der Waals surface area contributed by atoms with Crippen LogP contribution in [0.4, 0.5) is 0 Å². The monoisotopic (exact) mass is 373 g/mol. The zero-order valence-electron chi connectivity index (χ0n) is 16.4. The third kappa shape index (κ3) is 2.13. The van der Waals surface area contributed by atoms with Gasteiger partial charge in [0.25, 0.3) is 0 Å². The fourth-order valence-corrected chi connectivity index (χ4v) is 7.57. The van der Waals surface area contributed by atoms with Crippen LogP contribution < -0.4 is 0 Å². The molecule has 4 fully saturated rings. The predicted octanol–water partition coefficient (Wildman–Crippen LogP) is 2.92. The molecule has 0 aromatic carbocycles. The van der Waals surface area contributed by atoms with Gasteiger partial charge in [-0.05, 0) is 55.3 Å². The molecule has 0 aromatic rings. The summed E-state index contributed by atoms with van der Waals surface area (Å²) in [4.78, 5) is 0. The third-order valence-corrected chi connectivity index (χ3v) is 9.31. The van der Waals surface area contributed by atoms with E-state index in [9.17, 15) is 15.5 Å². The molecular formula is C22H31NO4. The van der Waals surface area contributed by atoms with Crippen molar-refractivity contribution in [2.75, 3.05) is 13.2 Å². The Hall–Kier alpha value is -0.930. The van der Waals surface area contributed by atoms with Gasteiger partial charge in [0.1, 0.15) is 6.07 Å². The molecule has 1 saturated heterocycles. The molecule has 1 spiro atoms. The van der Waals surface area contributed by atoms with Crippen LogP contribution in [0.25, 0.3) is 0 Å². The molecule has 1 heterocycles. The molecule has 5 heteroatoms. The van der Waals surface area contributed by atoms with Crippen LogP contribution in [0.3, 0.4) is 0 Å². The number of ether oxygens (including phenoxy) is 2. The average molecular weight is 373 g/mol. The van der Waals surface area contributed by atoms with E-state index >= 15 is 0 Å². The Morgan fingerprint density at radius 3 is 2.59 bits per heavy atom. The number of allylic oxidation sites excluding steroid dienone is 1. The fourth-order valence-electron chi connectivity index (χ4n) is 7.57. The largest absolute Gasteiger partial charge is 0.389 e. The van der Waals surface area contributed by atoms with Gasteiger partial charge in [0, 0.05) is 18.3 Å². The first-order chi connectivity index (χ1) is 12.8. The topological polar surface area (TPSA) is 82.7 Å². The molecular weight excluding hydrogens is 342 g/mol. The smallest absolute Gasteiger partial charge is 0.182 e. The van der Waals surface area contributed by atoms with Gasteiger partial charge in [-0.25, -0.2) is 0 Å². The van der Waals surface area contributed by atoms with Crippen LogP contribution in [-0.4, -0.2) is 40.9 Å². The average Bonchev–Trinajstić information content (AvgIpc) is 3.19. The van der Waals surface area contributed by atoms with Crippen molar-refractivity contribution in [3.05, 3.63) is 11.6 Å². The summed E-state index contributed by atoms with van der Waals surface area (Å²) >= 11 is 0. The van der Waals surface area contributed by atoms with Crippen LogP contribution in [-0.2, 0) is 9.47 Å². The SMILES string of the molecule is C[C@]12CCC3(CC1=CC[C@@H]1[C@@H]2CC[C@@]2(C)[C@H]1C[C@@H](O)[C@]2(O)C#N)OCCO3. The van der Waals surface area contributed by atoms with Crippen molar-refractivity contribution in [2.24, 2.45) is 28.6 Å². The Morgan fingerprint density at radius 2 is 1.89 bits per heavy atom. The van der Waals surface area contributed by atoms with E-state index in [4.69, 9.17) is 9.47 Å². The Kier molecular flexibility index (Phi) is 3.74. The summed E-state index contributed by atoms with van der Waals surface area (Å²) < 4.78 is 12.0. The van der Waals surface area contributed by atoms with E-state index in [-0.39, 0.29) is 11.3 Å². The molecule has 1 aliphatic heterocycles. The van der Waals surface area contributed by atoms with Crippen LogP contribution in [0.1, 0.15) is 58.8 Å². The van der Waals surface area contributed by atoms with Gasteiger partial charge >= 0.3 is 0 Å². The first-order valence-electron chi connectivity index (χ1n) is 10.6. The molecule has 4 aliphatic carbocycles. The van der Waals surface area contributed by atoms with Crippen molar-refractivity contribution in [1.29, 1.82) is 5.26 Å². The maximum Gasteiger partial charge on any atom is 0.182 e. The van der Waals surface area contributed by atoms with E-state index in [0.29, 0.717) is 31.5 Å². The van der Waals surface area contributed by atoms with E-state index in [1.165, 1.54) is 5.57 Å². The summed E-state index contributed by atoms with van der Waals surface area (Å²) in [7, 11) is 0. The maximum atomic E-state index is 11.0. The lowest BCUT2D eigenvalue weighted by atomic mass is 9.47. The van der Waals surface area contributed by atoms with Crippen molar-refractivity contribution >= 4 is 0 Å². The van der Waals surface area contributed by atoms with Gasteiger partial charge in [-0.2, -0.15) is 5.26 Å². The molecule has 148 valence electrons. The second-order valence-electron chi connectivity index (χ2n) is 10.1. The van der Waals surface area contributed by atoms with E-state index in [1.54, 1.807) is 0 Å². The van der Waals surface area contributed by atoms with Crippen LogP contribution in [0.15, 0.2) is 11.6 Å². The highest BCUT2D eigenvalue weighted by molar-refractivity contribution is 5.30. The Balaban J connectivity index is 1.48. The molecule has 27 heavy (non-hydrogen) atoms. The van der Waals surface area contributed by atoms with Crippen LogP contribution in [0.2, 0.25) is 0 Å². The molecule has 5 nitrogen and oxygen atoms in total. The number of hydrogen-bond acceptors (Lipinski definition) is 5. The van der Waals surface area contributed by atoms with Gasteiger partial charge in [0.05, 0.1) is 19.3 Å². The molecule has 5 rings (SSSR count). The molecule has 0 radical (unpaired) electrons. The number of nitriles is 1. The predicted molar refractivity (Wildman–Crippen MR) is 98.3 cm³/mol. The quantitative estimate of drug-likeness (QED) is 0.504. The minimum atomic E-state index is -1.62. The van der Waals surface area contributed by atoms with Crippen molar-refractivity contribution in [3.63, 3.8) is 0 Å². The minimum absolute atomic E-state index is 0.142. The minimum Gasteiger partial charge on any atom is -0.389 e. The van der Waals surface area contributed by atoms with Gasteiger partial charge in [0.15, 0.2) is 11.4 Å². The van der Waals surface area contributed by atoms with Crippen molar-refractivity contribution < 1.29 is 19.7 Å². The molecule has 0 bridgehead atoms. The number of fused-ring (bicyclic) bond motifs is 5. The summed E-state index contributed by atoms with van der Waals surface area (Å²) in [6.45, 7) is 5.83. The summed E-state index contributed by atoms with van der Waals surface area (Å²) in [6.07, 6.45) is 7.67. The maximum absolute atomic E-state index is 11.0. The third-order valence-electron chi connectivity index (χ3n) is 9.31. The highest BCUT2D eigenvalue weighted by Crippen LogP contribution is 2.67. The van der Waals surface area contributed by atoms with Crippen molar-refractivity contribution in [1.82, 2.24) is 0 Å². The number of nitrogens with zero attached hydrogens (tertiary/aromatic N) is 1. The summed E-state index contributed by atoms with van der Waals surface area (Å²) in [6, 6.07) is 2.08. The van der Waals surface area contributed by atoms with Gasteiger partial charge in [-0.15, -0.1) is 0 Å². The molecule has 0 amide bonds. The molecule has 7 atom stereocenters. The first kappa shape index (κ1) is 18.1. The zero-order valence-corrected chi connectivity index (χ0v) is 16.4. The normalized spacial score (nSPS) is 53.2. The Labute approximate surface area is 161 Å². The summed E-state index contributed by atoms with van der Waals surface area (Å²) in [5.41, 5.74) is -0.509. The van der Waals surface area contributed by atoms with Crippen LogP contribution in [0, 0.1) is 39.9 Å². The number of hydrogen-bond donors (Lipinski definition) is 2. The van der Waals surface area contributed by atoms with Crippen LogP contribution in [0.5, 0.6) is 0 Å². The number of aliphatic hydroxyl groups is 2. The van der Waals surface area contributed by atoms with E-state index < -0.39 is 22.9 Å². The fraction of sp³-hybridized carbons (Fsp3) is 0.864. The standard InChI is InChI=1S/C22H31NO4/c1-19-7-8-21(26-9-10-27-21)12-14(19)3-4-15-16(19)5-6-20(2)17(15)11-18(24)22(20,25)13-23/h3,15-18,24-25H,4-12H2,1-2H3/t15-,16+,17+,18-,19+,20+,22-/m1/s1. The van der Waals surface area contributed by atoms with Gasteiger partial charge < -0.3 is 19.7 Å². The zero-order chi connectivity index (χ0) is 19.1. The lowest BCUT2D eigenvalue weighted by Crippen LogP contribution is -2.56. The van der Waals surface area contributed by atoms with Crippen molar-refractivity contribution in [3.8, 4) is 6.07 Å². The lowest BCUT2D eigenvalue weighted by Gasteiger charge is -2.59. The van der Waals surface area contributed by atoms with Gasteiger partial charge in [-0.1, -0.05) is 25.5 Å². The second kappa shape index (κ2) is 5.57. The molecule has 2 N–H and O–H groups in total. The number of aliphatic hydroxyl groups excluding tert-OH is 1. The molecule has 3 saturated carbocycles. The Bertz CT molecular complexity index is 722. The van der Waals surface area contributed by atoms with E-state index in [1.807, 2.05) is 6.92 Å². The highest BCUT2D eigenvalue weighted by Gasteiger charge is 2.68. The van der Waals surface area contributed by atoms with E-state index in [2.05, 4.69) is 19.1 Å². The first-order valence-corrected chi connectivity index (χ1v) is 10.6. The summed E-state index contributed by atoms with van der Waals surface area (Å²) in [5.74, 6) is 0.767. The van der Waals surface area contributed by atoms with Crippen LogP contribution >= 0.6 is 0 Å². The molecule has 0 unspecified atom stereocenters. The lowest BCUT2D eigenvalue weighted by molar-refractivity contribution is -0.187. The molecule has 5 aliphatic rings. The molecule has 0 aromatic heterocycles. The Morgan fingerprint density at radius 1 is 1.15 bits per heavy atom. The van der Waals surface area contributed by atoms with Crippen molar-refractivity contribution in [2.45, 2.75) is 76.3 Å². The highest BCUT2D eigenvalue weighted by atomic mass is 16.7. The number of rotatable bonds is 0. The summed E-state index contributed by atoms with van der Waals surface area (Å²) in [5, 5.41) is 31.2. The second-order valence-corrected chi connectivity index (χ2v) is 10.1.